The van der Waals surface area contributed by atoms with E-state index in [1.807, 2.05) is 25.1 Å². The maximum atomic E-state index is 10.3. The number of rotatable bonds is 4. The molecule has 0 bridgehead atoms. The van der Waals surface area contributed by atoms with E-state index in [2.05, 4.69) is 15.9 Å². The molecule has 1 atom stereocenters. The van der Waals surface area contributed by atoms with Crippen molar-refractivity contribution < 1.29 is 10.2 Å². The van der Waals surface area contributed by atoms with Crippen LogP contribution in [-0.4, -0.2) is 16.8 Å². The van der Waals surface area contributed by atoms with Crippen molar-refractivity contribution in [2.75, 3.05) is 6.61 Å². The van der Waals surface area contributed by atoms with E-state index in [-0.39, 0.29) is 6.61 Å². The lowest BCUT2D eigenvalue weighted by Gasteiger charge is -2.25. The highest BCUT2D eigenvalue weighted by molar-refractivity contribution is 9.10. The van der Waals surface area contributed by atoms with Gasteiger partial charge in [-0.3, -0.25) is 0 Å². The average Bonchev–Trinajstić information content (AvgIpc) is 2.18. The molecule has 0 spiro atoms. The monoisotopic (exact) mass is 272 g/mol. The predicted molar refractivity (Wildman–Crippen MR) is 64.8 cm³/mol. The fourth-order valence-corrected chi connectivity index (χ4v) is 2.09. The summed E-state index contributed by atoms with van der Waals surface area (Å²) in [5.41, 5.74) is 1.13. The number of aliphatic hydroxyl groups is 2. The van der Waals surface area contributed by atoms with Crippen LogP contribution in [0.15, 0.2) is 22.7 Å². The van der Waals surface area contributed by atoms with Gasteiger partial charge in [-0.05, 0) is 49.9 Å². The topological polar surface area (TPSA) is 40.5 Å². The quantitative estimate of drug-likeness (QED) is 0.885. The predicted octanol–water partition coefficient (Wildman–Crippen LogP) is 2.74. The minimum absolute atomic E-state index is 0.114. The summed E-state index contributed by atoms with van der Waals surface area (Å²) in [7, 11) is 0. The standard InChI is InChI=1S/C12H17BrO2/c1-9-4-5-10(13)8-11(9)12(2,15)6-3-7-14/h4-5,8,14-15H,3,6-7H2,1-2H3. The summed E-state index contributed by atoms with van der Waals surface area (Å²) in [5.74, 6) is 0. The van der Waals surface area contributed by atoms with Gasteiger partial charge in [-0.2, -0.15) is 0 Å². The van der Waals surface area contributed by atoms with Crippen LogP contribution >= 0.6 is 15.9 Å². The second-order valence-electron chi connectivity index (χ2n) is 4.06. The first kappa shape index (κ1) is 12.7. The van der Waals surface area contributed by atoms with Gasteiger partial charge in [0.25, 0.3) is 0 Å². The van der Waals surface area contributed by atoms with E-state index in [1.54, 1.807) is 6.92 Å². The fourth-order valence-electron chi connectivity index (χ4n) is 1.73. The van der Waals surface area contributed by atoms with Crippen molar-refractivity contribution in [1.29, 1.82) is 0 Å². The SMILES string of the molecule is Cc1ccc(Br)cc1C(C)(O)CCCO. The maximum Gasteiger partial charge on any atom is 0.0872 e. The van der Waals surface area contributed by atoms with E-state index in [0.717, 1.165) is 15.6 Å². The molecule has 2 N–H and O–H groups in total. The Hall–Kier alpha value is -0.380. The summed E-state index contributed by atoms with van der Waals surface area (Å²) in [6.07, 6.45) is 1.18. The zero-order valence-electron chi connectivity index (χ0n) is 9.13. The van der Waals surface area contributed by atoms with Gasteiger partial charge in [0.2, 0.25) is 0 Å². The Balaban J connectivity index is 2.97. The largest absolute Gasteiger partial charge is 0.396 e. The van der Waals surface area contributed by atoms with Gasteiger partial charge in [0, 0.05) is 11.1 Å². The lowest BCUT2D eigenvalue weighted by atomic mass is 9.88. The summed E-state index contributed by atoms with van der Waals surface area (Å²) in [4.78, 5) is 0. The molecule has 0 saturated heterocycles. The molecule has 0 radical (unpaired) electrons. The van der Waals surface area contributed by atoms with Gasteiger partial charge in [-0.15, -0.1) is 0 Å². The lowest BCUT2D eigenvalue weighted by Crippen LogP contribution is -2.22. The van der Waals surface area contributed by atoms with Crippen LogP contribution < -0.4 is 0 Å². The Kier molecular flexibility index (Phi) is 4.32. The maximum absolute atomic E-state index is 10.3. The number of aliphatic hydroxyl groups excluding tert-OH is 1. The second-order valence-corrected chi connectivity index (χ2v) is 4.98. The Labute approximate surface area is 99.1 Å². The molecular weight excluding hydrogens is 256 g/mol. The van der Waals surface area contributed by atoms with Crippen LogP contribution in [0, 0.1) is 6.92 Å². The Morgan fingerprint density at radius 2 is 2.07 bits per heavy atom. The van der Waals surface area contributed by atoms with Crippen molar-refractivity contribution in [2.45, 2.75) is 32.3 Å². The van der Waals surface area contributed by atoms with Gasteiger partial charge >= 0.3 is 0 Å². The Morgan fingerprint density at radius 1 is 1.40 bits per heavy atom. The highest BCUT2D eigenvalue weighted by Gasteiger charge is 2.24. The van der Waals surface area contributed by atoms with Crippen LogP contribution in [0.3, 0.4) is 0 Å². The van der Waals surface area contributed by atoms with Gasteiger partial charge in [0.05, 0.1) is 5.60 Å². The number of aryl methyl sites for hydroxylation is 1. The molecule has 0 aromatic heterocycles. The van der Waals surface area contributed by atoms with Gasteiger partial charge < -0.3 is 10.2 Å². The molecule has 0 amide bonds. The smallest absolute Gasteiger partial charge is 0.0872 e. The second kappa shape index (κ2) is 5.10. The third kappa shape index (κ3) is 3.30. The Morgan fingerprint density at radius 3 is 2.67 bits per heavy atom. The van der Waals surface area contributed by atoms with E-state index in [4.69, 9.17) is 5.11 Å². The van der Waals surface area contributed by atoms with Gasteiger partial charge in [-0.1, -0.05) is 22.0 Å². The minimum atomic E-state index is -0.864. The van der Waals surface area contributed by atoms with Gasteiger partial charge in [-0.25, -0.2) is 0 Å². The van der Waals surface area contributed by atoms with Gasteiger partial charge in [0.1, 0.15) is 0 Å². The van der Waals surface area contributed by atoms with Gasteiger partial charge in [0.15, 0.2) is 0 Å². The molecule has 2 nitrogen and oxygen atoms in total. The summed E-state index contributed by atoms with van der Waals surface area (Å²) in [6.45, 7) is 3.88. The molecule has 0 fully saturated rings. The molecule has 1 unspecified atom stereocenters. The normalized spacial score (nSPS) is 15.0. The van der Waals surface area contributed by atoms with Crippen molar-refractivity contribution in [3.63, 3.8) is 0 Å². The van der Waals surface area contributed by atoms with Crippen LogP contribution in [0.2, 0.25) is 0 Å². The molecule has 0 aliphatic carbocycles. The van der Waals surface area contributed by atoms with Crippen LogP contribution in [0.25, 0.3) is 0 Å². The minimum Gasteiger partial charge on any atom is -0.396 e. The number of hydrogen-bond acceptors (Lipinski definition) is 2. The third-order valence-corrected chi connectivity index (χ3v) is 3.09. The highest BCUT2D eigenvalue weighted by Crippen LogP contribution is 2.30. The van der Waals surface area contributed by atoms with E-state index < -0.39 is 5.60 Å². The van der Waals surface area contributed by atoms with Crippen molar-refractivity contribution in [1.82, 2.24) is 0 Å². The molecule has 0 aliphatic rings. The lowest BCUT2D eigenvalue weighted by molar-refractivity contribution is 0.0397. The Bertz CT molecular complexity index is 334. The molecule has 0 heterocycles. The zero-order valence-corrected chi connectivity index (χ0v) is 10.7. The average molecular weight is 273 g/mol. The van der Waals surface area contributed by atoms with Crippen LogP contribution in [0.4, 0.5) is 0 Å². The summed E-state index contributed by atoms with van der Waals surface area (Å²) >= 11 is 3.40. The first-order chi connectivity index (χ1) is 6.97. The van der Waals surface area contributed by atoms with Crippen molar-refractivity contribution in [3.8, 4) is 0 Å². The van der Waals surface area contributed by atoms with E-state index in [9.17, 15) is 5.11 Å². The molecule has 84 valence electrons. The molecule has 1 rings (SSSR count). The first-order valence-electron chi connectivity index (χ1n) is 5.07. The van der Waals surface area contributed by atoms with Crippen LogP contribution in [-0.2, 0) is 5.60 Å². The van der Waals surface area contributed by atoms with E-state index >= 15 is 0 Å². The molecule has 0 aliphatic heterocycles. The summed E-state index contributed by atoms with van der Waals surface area (Å²) in [5, 5.41) is 19.1. The van der Waals surface area contributed by atoms with Crippen molar-refractivity contribution >= 4 is 15.9 Å². The molecule has 1 aromatic carbocycles. The van der Waals surface area contributed by atoms with Crippen molar-refractivity contribution in [2.24, 2.45) is 0 Å². The molecule has 0 saturated carbocycles. The molecular formula is C12H17BrO2. The zero-order chi connectivity index (χ0) is 11.5. The highest BCUT2D eigenvalue weighted by atomic mass is 79.9. The fraction of sp³-hybridized carbons (Fsp3) is 0.500. The first-order valence-corrected chi connectivity index (χ1v) is 5.86. The number of halogens is 1. The van der Waals surface area contributed by atoms with Crippen LogP contribution in [0.5, 0.6) is 0 Å². The third-order valence-electron chi connectivity index (χ3n) is 2.60. The summed E-state index contributed by atoms with van der Waals surface area (Å²) < 4.78 is 0.965. The van der Waals surface area contributed by atoms with Crippen molar-refractivity contribution in [3.05, 3.63) is 33.8 Å². The summed E-state index contributed by atoms with van der Waals surface area (Å²) in [6, 6.07) is 5.88. The molecule has 1 aromatic rings. The van der Waals surface area contributed by atoms with E-state index in [1.165, 1.54) is 0 Å². The molecule has 3 heteroatoms. The number of benzene rings is 1. The number of hydrogen-bond donors (Lipinski definition) is 2. The van der Waals surface area contributed by atoms with Crippen LogP contribution in [0.1, 0.15) is 30.9 Å². The van der Waals surface area contributed by atoms with E-state index in [0.29, 0.717) is 12.8 Å². The molecule has 15 heavy (non-hydrogen) atoms.